The summed E-state index contributed by atoms with van der Waals surface area (Å²) in [6.45, 7) is 0. The first-order valence-corrected chi connectivity index (χ1v) is 4.91. The second-order valence-electron chi connectivity index (χ2n) is 3.71. The second kappa shape index (κ2) is 2.85. The summed E-state index contributed by atoms with van der Waals surface area (Å²) in [7, 11) is 1.77. The van der Waals surface area contributed by atoms with Gasteiger partial charge in [0.15, 0.2) is 5.52 Å². The molecule has 0 fully saturated rings. The number of hydrogen-bond donors (Lipinski definition) is 1. The highest BCUT2D eigenvalue weighted by Crippen LogP contribution is 2.22. The van der Waals surface area contributed by atoms with E-state index in [1.165, 1.54) is 0 Å². The molecule has 0 radical (unpaired) electrons. The van der Waals surface area contributed by atoms with Gasteiger partial charge in [-0.15, -0.1) is 0 Å². The minimum absolute atomic E-state index is 0.186. The Hall–Kier alpha value is -2.30. The maximum Gasteiger partial charge on any atom is 0.356 e. The number of aromatic nitrogens is 3. The maximum absolute atomic E-state index is 11.9. The summed E-state index contributed by atoms with van der Waals surface area (Å²) >= 11 is 0. The van der Waals surface area contributed by atoms with E-state index < -0.39 is 0 Å². The van der Waals surface area contributed by atoms with Crippen LogP contribution in [0.25, 0.3) is 21.9 Å². The first-order chi connectivity index (χ1) is 7.70. The summed E-state index contributed by atoms with van der Waals surface area (Å²) in [6.07, 6.45) is 1.70. The van der Waals surface area contributed by atoms with Crippen LogP contribution in [0.3, 0.4) is 0 Å². The van der Waals surface area contributed by atoms with E-state index in [0.29, 0.717) is 5.52 Å². The Kier molecular flexibility index (Phi) is 1.60. The number of anilines is 1. The predicted molar refractivity (Wildman–Crippen MR) is 61.6 cm³/mol. The summed E-state index contributed by atoms with van der Waals surface area (Å²) in [5, 5.41) is 12.7. The monoisotopic (exact) mass is 214 g/mol. The van der Waals surface area contributed by atoms with E-state index in [9.17, 15) is 5.21 Å². The van der Waals surface area contributed by atoms with Gasteiger partial charge < -0.3 is 5.21 Å². The lowest BCUT2D eigenvalue weighted by Crippen LogP contribution is -2.29. The normalized spacial score (nSPS) is 11.3. The lowest BCUT2D eigenvalue weighted by molar-refractivity contribution is -0.560. The highest BCUT2D eigenvalue weighted by molar-refractivity contribution is 6.01. The van der Waals surface area contributed by atoms with Gasteiger partial charge in [0.2, 0.25) is 0 Å². The van der Waals surface area contributed by atoms with Gasteiger partial charge in [0.1, 0.15) is 5.52 Å². The molecule has 1 aromatic carbocycles. The minimum Gasteiger partial charge on any atom is -0.740 e. The number of aryl methyl sites for hydroxylation is 1. The fourth-order valence-electron chi connectivity index (χ4n) is 1.98. The molecule has 0 aliphatic carbocycles. The molecule has 2 heterocycles. The van der Waals surface area contributed by atoms with Crippen molar-refractivity contribution < 1.29 is 4.73 Å². The van der Waals surface area contributed by atoms with Gasteiger partial charge in [0, 0.05) is 11.6 Å². The number of rotatable bonds is 0. The lowest BCUT2D eigenvalue weighted by Gasteiger charge is -2.03. The molecule has 80 valence electrons. The van der Waals surface area contributed by atoms with Gasteiger partial charge >= 0.3 is 5.95 Å². The summed E-state index contributed by atoms with van der Waals surface area (Å²) in [6, 6.07) is 7.43. The Labute approximate surface area is 91.3 Å². The first-order valence-electron chi connectivity index (χ1n) is 4.91. The van der Waals surface area contributed by atoms with Crippen molar-refractivity contribution in [2.45, 2.75) is 0 Å². The predicted octanol–water partition coefficient (Wildman–Crippen LogP) is 0.942. The van der Waals surface area contributed by atoms with E-state index in [1.54, 1.807) is 17.8 Å². The number of benzene rings is 1. The van der Waals surface area contributed by atoms with E-state index in [1.807, 2.05) is 24.3 Å². The number of hydrogen-bond acceptors (Lipinski definition) is 3. The Balaban J connectivity index is 2.65. The molecule has 0 unspecified atom stereocenters. The summed E-state index contributed by atoms with van der Waals surface area (Å²) in [5.41, 5.74) is 7.88. The van der Waals surface area contributed by atoms with Gasteiger partial charge in [-0.05, 0) is 24.3 Å². The molecule has 3 aromatic rings. The van der Waals surface area contributed by atoms with Crippen LogP contribution < -0.4 is 10.5 Å². The van der Waals surface area contributed by atoms with E-state index >= 15 is 0 Å². The zero-order valence-corrected chi connectivity index (χ0v) is 8.71. The Morgan fingerprint density at radius 3 is 3.00 bits per heavy atom. The quantitative estimate of drug-likeness (QED) is 0.447. The SMILES string of the molecule is Cn1c(N)[n+]([O-])c2c3cccnc3ccc21. The van der Waals surface area contributed by atoms with Gasteiger partial charge in [-0.2, -0.15) is 0 Å². The van der Waals surface area contributed by atoms with Crippen molar-refractivity contribution in [1.29, 1.82) is 0 Å². The topological polar surface area (TPSA) is 70.8 Å². The largest absolute Gasteiger partial charge is 0.740 e. The molecule has 0 bridgehead atoms. The van der Waals surface area contributed by atoms with Crippen LogP contribution in [0, 0.1) is 5.21 Å². The van der Waals surface area contributed by atoms with Crippen molar-refractivity contribution in [2.75, 3.05) is 5.73 Å². The van der Waals surface area contributed by atoms with Crippen molar-refractivity contribution >= 4 is 27.9 Å². The van der Waals surface area contributed by atoms with Crippen LogP contribution >= 0.6 is 0 Å². The fraction of sp³-hybridized carbons (Fsp3) is 0.0909. The molecule has 0 aliphatic rings. The molecule has 5 heteroatoms. The van der Waals surface area contributed by atoms with Crippen molar-refractivity contribution in [3.8, 4) is 0 Å². The molecule has 5 nitrogen and oxygen atoms in total. The van der Waals surface area contributed by atoms with E-state index in [-0.39, 0.29) is 5.95 Å². The van der Waals surface area contributed by atoms with Gasteiger partial charge in [0.05, 0.1) is 12.6 Å². The van der Waals surface area contributed by atoms with Gasteiger partial charge in [0.25, 0.3) is 0 Å². The highest BCUT2D eigenvalue weighted by Gasteiger charge is 2.15. The zero-order valence-electron chi connectivity index (χ0n) is 8.71. The van der Waals surface area contributed by atoms with Crippen LogP contribution in [-0.2, 0) is 7.05 Å². The number of nitrogen functional groups attached to an aromatic ring is 1. The third-order valence-corrected chi connectivity index (χ3v) is 2.85. The minimum atomic E-state index is 0.186. The Morgan fingerprint density at radius 2 is 2.19 bits per heavy atom. The first kappa shape index (κ1) is 8.96. The summed E-state index contributed by atoms with van der Waals surface area (Å²) in [4.78, 5) is 4.21. The average Bonchev–Trinajstić information content (AvgIpc) is 2.55. The van der Waals surface area contributed by atoms with Crippen LogP contribution in [0.2, 0.25) is 0 Å². The molecule has 0 atom stereocenters. The van der Waals surface area contributed by atoms with Crippen molar-refractivity contribution in [1.82, 2.24) is 9.55 Å². The van der Waals surface area contributed by atoms with E-state index in [0.717, 1.165) is 21.2 Å². The number of nitrogens with zero attached hydrogens (tertiary/aromatic N) is 3. The molecule has 0 spiro atoms. The van der Waals surface area contributed by atoms with E-state index in [4.69, 9.17) is 5.73 Å². The standard InChI is InChI=1S/C11H10N4O/c1-14-9-5-4-8-7(3-2-6-13-8)10(9)15(16)11(14)12/h2-6H,12H2,1H3. The molecule has 0 saturated carbocycles. The number of pyridine rings is 1. The molecular weight excluding hydrogens is 204 g/mol. The molecule has 0 aliphatic heterocycles. The molecular formula is C11H10N4O. The molecule has 2 aromatic heterocycles. The second-order valence-corrected chi connectivity index (χ2v) is 3.71. The molecule has 3 rings (SSSR count). The molecule has 2 N–H and O–H groups in total. The van der Waals surface area contributed by atoms with Crippen molar-refractivity contribution in [3.05, 3.63) is 35.7 Å². The third kappa shape index (κ3) is 0.942. The van der Waals surface area contributed by atoms with Crippen LogP contribution in [0.15, 0.2) is 30.5 Å². The van der Waals surface area contributed by atoms with Crippen LogP contribution in [0.4, 0.5) is 5.95 Å². The smallest absolute Gasteiger partial charge is 0.356 e. The van der Waals surface area contributed by atoms with Gasteiger partial charge in [-0.3, -0.25) is 10.7 Å². The molecule has 0 saturated heterocycles. The molecule has 16 heavy (non-hydrogen) atoms. The average molecular weight is 214 g/mol. The summed E-state index contributed by atoms with van der Waals surface area (Å²) < 4.78 is 2.42. The van der Waals surface area contributed by atoms with Crippen LogP contribution in [0.1, 0.15) is 0 Å². The van der Waals surface area contributed by atoms with Gasteiger partial charge in [-0.25, -0.2) is 9.30 Å². The number of imidazole rings is 1. The molecule has 0 amide bonds. The lowest BCUT2D eigenvalue weighted by atomic mass is 10.2. The van der Waals surface area contributed by atoms with Crippen molar-refractivity contribution in [3.63, 3.8) is 0 Å². The van der Waals surface area contributed by atoms with Crippen LogP contribution in [-0.4, -0.2) is 9.55 Å². The number of nitrogens with two attached hydrogens (primary N) is 1. The Bertz CT molecular complexity index is 702. The number of fused-ring (bicyclic) bond motifs is 3. The Morgan fingerprint density at radius 1 is 1.38 bits per heavy atom. The third-order valence-electron chi connectivity index (χ3n) is 2.85. The van der Waals surface area contributed by atoms with Crippen molar-refractivity contribution in [2.24, 2.45) is 7.05 Å². The van der Waals surface area contributed by atoms with Crippen LogP contribution in [0.5, 0.6) is 0 Å². The maximum atomic E-state index is 11.9. The zero-order chi connectivity index (χ0) is 11.3. The van der Waals surface area contributed by atoms with E-state index in [2.05, 4.69) is 4.98 Å². The highest BCUT2D eigenvalue weighted by atomic mass is 16.5. The fourth-order valence-corrected chi connectivity index (χ4v) is 1.98. The summed E-state index contributed by atoms with van der Waals surface area (Å²) in [5.74, 6) is 0.186. The van der Waals surface area contributed by atoms with Gasteiger partial charge in [-0.1, -0.05) is 0 Å².